The van der Waals surface area contributed by atoms with E-state index in [0.717, 1.165) is 30.9 Å². The van der Waals surface area contributed by atoms with Gasteiger partial charge in [-0.3, -0.25) is 14.3 Å². The summed E-state index contributed by atoms with van der Waals surface area (Å²) in [4.78, 5) is 31.7. The zero-order valence-electron chi connectivity index (χ0n) is 21.7. The maximum absolute atomic E-state index is 12.9. The van der Waals surface area contributed by atoms with E-state index < -0.39 is 0 Å². The molecule has 9 heteroatoms. The average molecular weight is 514 g/mol. The van der Waals surface area contributed by atoms with Crippen molar-refractivity contribution in [3.8, 4) is 17.2 Å². The first kappa shape index (κ1) is 25.3. The quantitative estimate of drug-likeness (QED) is 0.356. The first-order chi connectivity index (χ1) is 18.4. The fraction of sp³-hybridized carbons (Fsp3) is 0.276. The van der Waals surface area contributed by atoms with Crippen LogP contribution in [-0.2, 0) is 6.54 Å². The van der Waals surface area contributed by atoms with E-state index in [0.29, 0.717) is 34.1 Å². The molecule has 0 aliphatic carbocycles. The number of carbonyl (C=O) groups excluding carboxylic acids is 2. The number of ether oxygens (including phenoxy) is 2. The topological polar surface area (TPSA) is 97.7 Å². The van der Waals surface area contributed by atoms with Gasteiger partial charge in [0.15, 0.2) is 11.5 Å². The summed E-state index contributed by atoms with van der Waals surface area (Å²) in [5.41, 5.74) is 2.45. The smallest absolute Gasteiger partial charge is 0.325 e. The third kappa shape index (κ3) is 5.47. The van der Waals surface area contributed by atoms with Gasteiger partial charge in [0.25, 0.3) is 5.91 Å². The van der Waals surface area contributed by atoms with Gasteiger partial charge in [-0.05, 0) is 54.8 Å². The Labute approximate surface area is 221 Å². The minimum Gasteiger partial charge on any atom is -0.493 e. The van der Waals surface area contributed by atoms with E-state index in [1.54, 1.807) is 43.7 Å². The number of likely N-dealkylation sites (tertiary alicyclic amines) is 1. The van der Waals surface area contributed by atoms with Crippen LogP contribution in [0.5, 0.6) is 17.2 Å². The fourth-order valence-electron chi connectivity index (χ4n) is 4.73. The van der Waals surface area contributed by atoms with E-state index in [2.05, 4.69) is 27.4 Å². The highest BCUT2D eigenvalue weighted by atomic mass is 16.5. The van der Waals surface area contributed by atoms with Gasteiger partial charge in [-0.25, -0.2) is 9.78 Å². The molecular formula is C29H31N5O4. The van der Waals surface area contributed by atoms with E-state index >= 15 is 0 Å². The van der Waals surface area contributed by atoms with E-state index in [4.69, 9.17) is 9.47 Å². The number of aromatic nitrogens is 2. The van der Waals surface area contributed by atoms with E-state index in [9.17, 15) is 9.59 Å². The number of rotatable bonds is 7. The Kier molecular flexibility index (Phi) is 7.28. The molecule has 1 unspecified atom stereocenters. The molecule has 196 valence electrons. The molecule has 5 rings (SSSR count). The van der Waals surface area contributed by atoms with Crippen LogP contribution in [0, 0.1) is 5.92 Å². The number of nitrogens with one attached hydrogen (secondary N) is 2. The second kappa shape index (κ2) is 10.9. The Morgan fingerprint density at radius 2 is 1.89 bits per heavy atom. The summed E-state index contributed by atoms with van der Waals surface area (Å²) in [6, 6.07) is 16.2. The van der Waals surface area contributed by atoms with Crippen LogP contribution in [0.4, 0.5) is 10.6 Å². The van der Waals surface area contributed by atoms with Crippen molar-refractivity contribution in [1.82, 2.24) is 19.8 Å². The predicted octanol–water partition coefficient (Wildman–Crippen LogP) is 5.12. The standard InChI is InChI=1S/C29H31N5O4/c1-19-9-12-33(17-19)18-20-4-6-21(7-5-20)28(35)32-27-15-23(8-11-31-27)38-26-14-22-10-13-34(29(36)30-2)24(22)16-25(26)37-3/h4-8,10-11,13-16,19H,9,12,17-18H2,1-3H3,(H,30,36)(H,31,32,35). The SMILES string of the molecule is CNC(=O)n1ccc2cc(Oc3ccnc(NC(=O)c4ccc(CN5CCC(C)C5)cc4)c3)c(OC)cc21. The lowest BCUT2D eigenvalue weighted by Gasteiger charge is -2.15. The molecule has 1 saturated heterocycles. The van der Waals surface area contributed by atoms with Crippen molar-refractivity contribution in [3.63, 3.8) is 0 Å². The molecule has 38 heavy (non-hydrogen) atoms. The van der Waals surface area contributed by atoms with Crippen LogP contribution < -0.4 is 20.1 Å². The van der Waals surface area contributed by atoms with Crippen LogP contribution in [0.3, 0.4) is 0 Å². The molecule has 9 nitrogen and oxygen atoms in total. The van der Waals surface area contributed by atoms with Crippen molar-refractivity contribution in [3.05, 3.63) is 78.1 Å². The van der Waals surface area contributed by atoms with Crippen LogP contribution in [0.2, 0.25) is 0 Å². The Balaban J connectivity index is 1.27. The number of benzene rings is 2. The molecule has 2 N–H and O–H groups in total. The van der Waals surface area contributed by atoms with Crippen molar-refractivity contribution in [2.45, 2.75) is 19.9 Å². The number of carbonyl (C=O) groups is 2. The first-order valence-corrected chi connectivity index (χ1v) is 12.6. The zero-order chi connectivity index (χ0) is 26.6. The van der Waals surface area contributed by atoms with Gasteiger partial charge in [-0.15, -0.1) is 0 Å². The number of amides is 2. The molecule has 1 atom stereocenters. The van der Waals surface area contributed by atoms with Crippen LogP contribution in [0.1, 0.15) is 29.3 Å². The molecule has 1 fully saturated rings. The molecule has 4 aromatic rings. The van der Waals surface area contributed by atoms with Gasteiger partial charge in [-0.1, -0.05) is 19.1 Å². The molecule has 3 heterocycles. The molecule has 1 aliphatic heterocycles. The molecule has 2 amide bonds. The van der Waals surface area contributed by atoms with E-state index in [-0.39, 0.29) is 11.9 Å². The summed E-state index contributed by atoms with van der Waals surface area (Å²) in [7, 11) is 3.12. The van der Waals surface area contributed by atoms with Gasteiger partial charge < -0.3 is 20.1 Å². The predicted molar refractivity (Wildman–Crippen MR) is 146 cm³/mol. The highest BCUT2D eigenvalue weighted by Crippen LogP contribution is 2.36. The Bertz CT molecular complexity index is 1460. The van der Waals surface area contributed by atoms with Gasteiger partial charge in [0.05, 0.1) is 12.6 Å². The highest BCUT2D eigenvalue weighted by Gasteiger charge is 2.19. The molecular weight excluding hydrogens is 482 g/mol. The number of hydrogen-bond acceptors (Lipinski definition) is 6. The van der Waals surface area contributed by atoms with Crippen LogP contribution in [0.15, 0.2) is 67.0 Å². The van der Waals surface area contributed by atoms with Crippen molar-refractivity contribution < 1.29 is 19.1 Å². The summed E-state index contributed by atoms with van der Waals surface area (Å²) < 4.78 is 13.1. The highest BCUT2D eigenvalue weighted by molar-refractivity contribution is 6.03. The number of pyridine rings is 1. The monoisotopic (exact) mass is 513 g/mol. The third-order valence-electron chi connectivity index (χ3n) is 6.74. The van der Waals surface area contributed by atoms with Crippen LogP contribution >= 0.6 is 0 Å². The van der Waals surface area contributed by atoms with Crippen molar-refractivity contribution >= 4 is 28.7 Å². The summed E-state index contributed by atoms with van der Waals surface area (Å²) in [6.07, 6.45) is 4.49. The molecule has 0 bridgehead atoms. The largest absolute Gasteiger partial charge is 0.493 e. The summed E-state index contributed by atoms with van der Waals surface area (Å²) in [5, 5.41) is 6.27. The Morgan fingerprint density at radius 3 is 2.61 bits per heavy atom. The molecule has 0 saturated carbocycles. The molecule has 0 spiro atoms. The second-order valence-electron chi connectivity index (χ2n) is 9.56. The lowest BCUT2D eigenvalue weighted by Crippen LogP contribution is -2.23. The lowest BCUT2D eigenvalue weighted by atomic mass is 10.1. The summed E-state index contributed by atoms with van der Waals surface area (Å²) in [5.74, 6) is 2.29. The number of methoxy groups -OCH3 is 1. The Morgan fingerprint density at radius 1 is 1.08 bits per heavy atom. The molecule has 0 radical (unpaired) electrons. The van der Waals surface area contributed by atoms with Gasteiger partial charge in [0, 0.05) is 55.6 Å². The summed E-state index contributed by atoms with van der Waals surface area (Å²) >= 11 is 0. The van der Waals surface area contributed by atoms with Gasteiger partial charge >= 0.3 is 6.03 Å². The van der Waals surface area contributed by atoms with Crippen molar-refractivity contribution in [2.24, 2.45) is 5.92 Å². The maximum Gasteiger partial charge on any atom is 0.325 e. The van der Waals surface area contributed by atoms with Crippen molar-refractivity contribution in [2.75, 3.05) is 32.6 Å². The van der Waals surface area contributed by atoms with Gasteiger partial charge in [-0.2, -0.15) is 0 Å². The number of anilines is 1. The minimum absolute atomic E-state index is 0.245. The van der Waals surface area contributed by atoms with Crippen molar-refractivity contribution in [1.29, 1.82) is 0 Å². The lowest BCUT2D eigenvalue weighted by molar-refractivity contribution is 0.102. The van der Waals surface area contributed by atoms with E-state index in [1.807, 2.05) is 30.3 Å². The van der Waals surface area contributed by atoms with Gasteiger partial charge in [0.1, 0.15) is 11.6 Å². The molecule has 2 aromatic carbocycles. The fourth-order valence-corrected chi connectivity index (χ4v) is 4.73. The zero-order valence-corrected chi connectivity index (χ0v) is 21.7. The second-order valence-corrected chi connectivity index (χ2v) is 9.56. The molecule has 1 aliphatic rings. The van der Waals surface area contributed by atoms with Crippen LogP contribution in [0.25, 0.3) is 10.9 Å². The summed E-state index contributed by atoms with van der Waals surface area (Å²) in [6.45, 7) is 5.42. The number of nitrogens with zero attached hydrogens (tertiary/aromatic N) is 3. The van der Waals surface area contributed by atoms with Crippen LogP contribution in [-0.4, -0.2) is 53.6 Å². The third-order valence-corrected chi connectivity index (χ3v) is 6.74. The number of fused-ring (bicyclic) bond motifs is 1. The average Bonchev–Trinajstić information content (AvgIpc) is 3.53. The minimum atomic E-state index is -0.249. The van der Waals surface area contributed by atoms with Gasteiger partial charge in [0.2, 0.25) is 0 Å². The van der Waals surface area contributed by atoms with E-state index in [1.165, 1.54) is 23.7 Å². The Hall–Kier alpha value is -4.37. The maximum atomic E-state index is 12.9. The normalized spacial score (nSPS) is 15.4. The number of hydrogen-bond donors (Lipinski definition) is 2. The first-order valence-electron chi connectivity index (χ1n) is 12.6. The molecule has 2 aromatic heterocycles.